The molecule has 1 N–H and O–H groups in total. The molecular weight excluding hydrogens is 371 g/mol. The molecule has 0 spiro atoms. The van der Waals surface area contributed by atoms with Crippen molar-refractivity contribution < 1.29 is 14.0 Å². The maximum Gasteiger partial charge on any atom is 0.221 e. The van der Waals surface area contributed by atoms with Gasteiger partial charge in [0, 0.05) is 25.1 Å². The minimum Gasteiger partial charge on any atom is -0.349 e. The van der Waals surface area contributed by atoms with Crippen LogP contribution in [0.25, 0.3) is 5.69 Å². The summed E-state index contributed by atoms with van der Waals surface area (Å²) in [5.74, 6) is -0.236. The summed E-state index contributed by atoms with van der Waals surface area (Å²) in [6, 6.07) is 6.28. The summed E-state index contributed by atoms with van der Waals surface area (Å²) >= 11 is 0. The summed E-state index contributed by atoms with van der Waals surface area (Å²) in [5.41, 5.74) is 2.99. The highest BCUT2D eigenvalue weighted by molar-refractivity contribution is 5.76. The standard InChI is InChI=1S/C22H29FN4O2/c1-22(2)13-19(25-21(28)9-11-26-10-3-4-12-29-26)18-15-24-27(20(18)14-22)17-7-5-16(23)6-8-17/h5-8,15,19H,3-4,9-14H2,1-2H3,(H,25,28)/t19-/m1/s1. The molecule has 2 heterocycles. The first-order valence-corrected chi connectivity index (χ1v) is 10.4. The van der Waals surface area contributed by atoms with E-state index in [9.17, 15) is 9.18 Å². The van der Waals surface area contributed by atoms with E-state index in [4.69, 9.17) is 4.84 Å². The van der Waals surface area contributed by atoms with Crippen molar-refractivity contribution in [3.8, 4) is 5.69 Å². The highest BCUT2D eigenvalue weighted by atomic mass is 19.1. The van der Waals surface area contributed by atoms with E-state index in [1.165, 1.54) is 12.1 Å². The number of hydrogen-bond donors (Lipinski definition) is 1. The molecule has 1 aromatic heterocycles. The van der Waals surface area contributed by atoms with E-state index in [-0.39, 0.29) is 23.2 Å². The summed E-state index contributed by atoms with van der Waals surface area (Å²) in [6.45, 7) is 6.66. The van der Waals surface area contributed by atoms with Crippen LogP contribution in [0.5, 0.6) is 0 Å². The van der Waals surface area contributed by atoms with E-state index in [1.54, 1.807) is 12.1 Å². The van der Waals surface area contributed by atoms with Gasteiger partial charge in [-0.05, 0) is 55.4 Å². The second kappa shape index (κ2) is 8.24. The molecule has 1 atom stereocenters. The zero-order valence-electron chi connectivity index (χ0n) is 17.2. The molecule has 1 amide bonds. The Morgan fingerprint density at radius 2 is 2.10 bits per heavy atom. The van der Waals surface area contributed by atoms with Crippen LogP contribution in [-0.2, 0) is 16.1 Å². The number of benzene rings is 1. The normalized spacial score (nSPS) is 21.6. The smallest absolute Gasteiger partial charge is 0.221 e. The van der Waals surface area contributed by atoms with E-state index < -0.39 is 0 Å². The molecule has 1 fully saturated rings. The minimum atomic E-state index is -0.266. The fourth-order valence-corrected chi connectivity index (χ4v) is 4.29. The third-order valence-corrected chi connectivity index (χ3v) is 5.75. The Morgan fingerprint density at radius 1 is 1.31 bits per heavy atom. The van der Waals surface area contributed by atoms with Gasteiger partial charge in [0.1, 0.15) is 5.82 Å². The van der Waals surface area contributed by atoms with Crippen LogP contribution in [0, 0.1) is 11.2 Å². The third kappa shape index (κ3) is 4.67. The Balaban J connectivity index is 1.49. The van der Waals surface area contributed by atoms with Gasteiger partial charge >= 0.3 is 0 Å². The lowest BCUT2D eigenvalue weighted by Gasteiger charge is -2.36. The van der Waals surface area contributed by atoms with E-state index >= 15 is 0 Å². The van der Waals surface area contributed by atoms with Gasteiger partial charge in [0.25, 0.3) is 0 Å². The lowest BCUT2D eigenvalue weighted by molar-refractivity contribution is -0.181. The molecule has 2 aliphatic rings. The first-order chi connectivity index (χ1) is 13.9. The Hall–Kier alpha value is -2.25. The van der Waals surface area contributed by atoms with Crippen LogP contribution in [0.2, 0.25) is 0 Å². The maximum atomic E-state index is 13.3. The molecular formula is C22H29FN4O2. The number of aromatic nitrogens is 2. The topological polar surface area (TPSA) is 59.4 Å². The fraction of sp³-hybridized carbons (Fsp3) is 0.545. The molecule has 6 nitrogen and oxygen atoms in total. The first-order valence-electron chi connectivity index (χ1n) is 10.4. The van der Waals surface area contributed by atoms with E-state index in [0.717, 1.165) is 55.8 Å². The number of hydroxylamine groups is 2. The van der Waals surface area contributed by atoms with Crippen LogP contribution >= 0.6 is 0 Å². The molecule has 0 bridgehead atoms. The predicted molar refractivity (Wildman–Crippen MR) is 108 cm³/mol. The van der Waals surface area contributed by atoms with Gasteiger partial charge in [-0.15, -0.1) is 0 Å². The summed E-state index contributed by atoms with van der Waals surface area (Å²) < 4.78 is 15.2. The molecule has 156 valence electrons. The third-order valence-electron chi connectivity index (χ3n) is 5.75. The second-order valence-electron chi connectivity index (χ2n) is 8.82. The average Bonchev–Trinajstić information content (AvgIpc) is 3.10. The minimum absolute atomic E-state index is 0.0265. The van der Waals surface area contributed by atoms with Crippen molar-refractivity contribution in [3.05, 3.63) is 47.5 Å². The van der Waals surface area contributed by atoms with Gasteiger partial charge in [-0.1, -0.05) is 13.8 Å². The van der Waals surface area contributed by atoms with Crippen LogP contribution < -0.4 is 5.32 Å². The quantitative estimate of drug-likeness (QED) is 0.834. The number of nitrogens with one attached hydrogen (secondary N) is 1. The Labute approximate surface area is 171 Å². The van der Waals surface area contributed by atoms with Crippen molar-refractivity contribution in [3.63, 3.8) is 0 Å². The van der Waals surface area contributed by atoms with Crippen LogP contribution in [-0.4, -0.2) is 40.4 Å². The van der Waals surface area contributed by atoms with Crippen LogP contribution in [0.3, 0.4) is 0 Å². The van der Waals surface area contributed by atoms with Gasteiger partial charge in [0.05, 0.1) is 30.2 Å². The largest absolute Gasteiger partial charge is 0.349 e. The number of amides is 1. The molecule has 1 saturated heterocycles. The number of carbonyl (C=O) groups excluding carboxylic acids is 1. The number of halogens is 1. The number of carbonyl (C=O) groups is 1. The van der Waals surface area contributed by atoms with Crippen molar-refractivity contribution in [2.75, 3.05) is 19.7 Å². The lowest BCUT2D eigenvalue weighted by Crippen LogP contribution is -2.39. The number of rotatable bonds is 5. The van der Waals surface area contributed by atoms with Crippen molar-refractivity contribution in [2.45, 2.75) is 52.0 Å². The predicted octanol–water partition coefficient (Wildman–Crippen LogP) is 3.56. The van der Waals surface area contributed by atoms with Gasteiger partial charge in [0.2, 0.25) is 5.91 Å². The molecule has 29 heavy (non-hydrogen) atoms. The van der Waals surface area contributed by atoms with Gasteiger partial charge in [-0.2, -0.15) is 10.2 Å². The van der Waals surface area contributed by atoms with Gasteiger partial charge in [0.15, 0.2) is 0 Å². The lowest BCUT2D eigenvalue weighted by atomic mass is 9.74. The van der Waals surface area contributed by atoms with Crippen molar-refractivity contribution >= 4 is 5.91 Å². The molecule has 0 saturated carbocycles. The molecule has 4 rings (SSSR count). The van der Waals surface area contributed by atoms with E-state index in [1.807, 2.05) is 15.9 Å². The summed E-state index contributed by atoms with van der Waals surface area (Å²) in [5, 5.41) is 9.66. The number of nitrogens with zero attached hydrogens (tertiary/aromatic N) is 3. The van der Waals surface area contributed by atoms with Crippen molar-refractivity contribution in [1.29, 1.82) is 0 Å². The SMILES string of the molecule is CC1(C)Cc2c(cnn2-c2ccc(F)cc2)[C@H](NC(=O)CCN2CCCCO2)C1. The van der Waals surface area contributed by atoms with Crippen molar-refractivity contribution in [1.82, 2.24) is 20.2 Å². The van der Waals surface area contributed by atoms with Gasteiger partial charge in [-0.25, -0.2) is 9.07 Å². The zero-order valence-corrected chi connectivity index (χ0v) is 17.2. The molecule has 1 aromatic carbocycles. The van der Waals surface area contributed by atoms with Crippen LogP contribution in [0.4, 0.5) is 4.39 Å². The summed E-state index contributed by atoms with van der Waals surface area (Å²) in [4.78, 5) is 18.2. The van der Waals surface area contributed by atoms with E-state index in [0.29, 0.717) is 13.0 Å². The highest BCUT2D eigenvalue weighted by Crippen LogP contribution is 2.41. The van der Waals surface area contributed by atoms with Crippen LogP contribution in [0.1, 0.15) is 56.8 Å². The highest BCUT2D eigenvalue weighted by Gasteiger charge is 2.36. The Kier molecular flexibility index (Phi) is 5.69. The van der Waals surface area contributed by atoms with Gasteiger partial charge < -0.3 is 5.32 Å². The average molecular weight is 400 g/mol. The summed E-state index contributed by atoms with van der Waals surface area (Å²) in [7, 11) is 0. The van der Waals surface area contributed by atoms with Crippen molar-refractivity contribution in [2.24, 2.45) is 5.41 Å². The second-order valence-corrected chi connectivity index (χ2v) is 8.82. The number of hydrogen-bond acceptors (Lipinski definition) is 4. The Bertz CT molecular complexity index is 856. The fourth-order valence-electron chi connectivity index (χ4n) is 4.29. The molecule has 0 radical (unpaired) electrons. The summed E-state index contributed by atoms with van der Waals surface area (Å²) in [6.07, 6.45) is 6.17. The van der Waals surface area contributed by atoms with Gasteiger partial charge in [-0.3, -0.25) is 9.63 Å². The van der Waals surface area contributed by atoms with E-state index in [2.05, 4.69) is 24.3 Å². The number of fused-ring (bicyclic) bond motifs is 1. The Morgan fingerprint density at radius 3 is 2.83 bits per heavy atom. The molecule has 1 aliphatic carbocycles. The molecule has 1 aliphatic heterocycles. The maximum absolute atomic E-state index is 13.3. The molecule has 0 unspecified atom stereocenters. The van der Waals surface area contributed by atoms with Crippen LogP contribution in [0.15, 0.2) is 30.5 Å². The molecule has 2 aromatic rings. The zero-order chi connectivity index (χ0) is 20.4. The monoisotopic (exact) mass is 400 g/mol. The first kappa shape index (κ1) is 20.0. The molecule has 7 heteroatoms.